The van der Waals surface area contributed by atoms with Crippen LogP contribution in [0.25, 0.3) is 0 Å². The molecule has 2 rings (SSSR count). The summed E-state index contributed by atoms with van der Waals surface area (Å²) in [5.74, 6) is 6.42. The molecule has 1 heterocycles. The first-order valence-electron chi connectivity index (χ1n) is 5.32. The van der Waals surface area contributed by atoms with Crippen LogP contribution in [0.15, 0.2) is 28.9 Å². The van der Waals surface area contributed by atoms with E-state index >= 15 is 0 Å². The van der Waals surface area contributed by atoms with Crippen LogP contribution in [0.1, 0.15) is 17.3 Å². The van der Waals surface area contributed by atoms with Crippen molar-refractivity contribution in [3.8, 4) is 5.75 Å². The van der Waals surface area contributed by atoms with Gasteiger partial charge in [0, 0.05) is 7.05 Å². The van der Waals surface area contributed by atoms with Crippen molar-refractivity contribution >= 4 is 15.9 Å². The molecule has 2 aromatic rings. The van der Waals surface area contributed by atoms with Gasteiger partial charge in [-0.05, 0) is 33.6 Å². The Morgan fingerprint density at radius 2 is 2.28 bits per heavy atom. The van der Waals surface area contributed by atoms with Crippen molar-refractivity contribution < 1.29 is 4.74 Å². The molecule has 6 nitrogen and oxygen atoms in total. The summed E-state index contributed by atoms with van der Waals surface area (Å²) < 4.78 is 7.55. The monoisotopic (exact) mass is 311 g/mol. The van der Waals surface area contributed by atoms with Crippen LogP contribution in [-0.4, -0.2) is 22.1 Å². The molecule has 0 saturated heterocycles. The minimum Gasteiger partial charge on any atom is -0.497 e. The summed E-state index contributed by atoms with van der Waals surface area (Å²) in [7, 11) is 3.45. The van der Waals surface area contributed by atoms with Crippen LogP contribution in [0.3, 0.4) is 0 Å². The molecular formula is C11H14BrN5O. The smallest absolute Gasteiger partial charge is 0.153 e. The van der Waals surface area contributed by atoms with E-state index in [1.807, 2.05) is 31.3 Å². The van der Waals surface area contributed by atoms with Crippen molar-refractivity contribution in [2.24, 2.45) is 12.9 Å². The maximum atomic E-state index is 5.64. The fourth-order valence-corrected chi connectivity index (χ4v) is 2.36. The molecule has 0 amide bonds. The molecule has 1 atom stereocenters. The molecule has 0 aliphatic rings. The number of hydrogen-bond acceptors (Lipinski definition) is 5. The Morgan fingerprint density at radius 3 is 2.83 bits per heavy atom. The highest BCUT2D eigenvalue weighted by molar-refractivity contribution is 9.10. The molecule has 3 N–H and O–H groups in total. The molecular weight excluding hydrogens is 298 g/mol. The Labute approximate surface area is 113 Å². The third-order valence-electron chi connectivity index (χ3n) is 2.69. The first-order valence-corrected chi connectivity index (χ1v) is 6.11. The third kappa shape index (κ3) is 2.38. The van der Waals surface area contributed by atoms with E-state index < -0.39 is 0 Å². The molecule has 1 aromatic heterocycles. The van der Waals surface area contributed by atoms with Crippen molar-refractivity contribution in [2.45, 2.75) is 6.04 Å². The van der Waals surface area contributed by atoms with E-state index in [0.717, 1.165) is 17.0 Å². The molecule has 1 aromatic carbocycles. The van der Waals surface area contributed by atoms with E-state index in [9.17, 15) is 0 Å². The van der Waals surface area contributed by atoms with E-state index in [-0.39, 0.29) is 6.04 Å². The normalized spacial score (nSPS) is 12.4. The number of ether oxygens (including phenoxy) is 1. The number of methoxy groups -OCH3 is 1. The molecule has 0 fully saturated rings. The zero-order chi connectivity index (χ0) is 13.1. The van der Waals surface area contributed by atoms with Crippen molar-refractivity contribution in [1.29, 1.82) is 0 Å². The van der Waals surface area contributed by atoms with Gasteiger partial charge >= 0.3 is 0 Å². The SMILES string of the molecule is COc1cccc(C(NN)c2c(Br)nnn2C)c1. The van der Waals surface area contributed by atoms with E-state index in [2.05, 4.69) is 31.7 Å². The van der Waals surface area contributed by atoms with E-state index in [1.165, 1.54) is 0 Å². The van der Waals surface area contributed by atoms with Gasteiger partial charge in [-0.15, -0.1) is 5.10 Å². The van der Waals surface area contributed by atoms with Crippen LogP contribution < -0.4 is 16.0 Å². The van der Waals surface area contributed by atoms with Crippen LogP contribution in [0, 0.1) is 0 Å². The summed E-state index contributed by atoms with van der Waals surface area (Å²) in [5.41, 5.74) is 4.59. The lowest BCUT2D eigenvalue weighted by atomic mass is 10.0. The minimum absolute atomic E-state index is 0.213. The van der Waals surface area contributed by atoms with Crippen molar-refractivity contribution in [1.82, 2.24) is 20.4 Å². The molecule has 0 aliphatic heterocycles. The maximum absolute atomic E-state index is 5.64. The Bertz CT molecular complexity index is 522. The highest BCUT2D eigenvalue weighted by atomic mass is 79.9. The number of nitrogens with zero attached hydrogens (tertiary/aromatic N) is 3. The molecule has 0 aliphatic carbocycles. The lowest BCUT2D eigenvalue weighted by molar-refractivity contribution is 0.413. The highest BCUT2D eigenvalue weighted by Gasteiger charge is 2.21. The molecule has 7 heteroatoms. The standard InChI is InChI=1S/C11H14BrN5O/c1-17-10(11(12)15-16-17)9(14-13)7-4-3-5-8(6-7)18-2/h3-6,9,14H,13H2,1-2H3. The third-order valence-corrected chi connectivity index (χ3v) is 3.26. The maximum Gasteiger partial charge on any atom is 0.153 e. The summed E-state index contributed by atoms with van der Waals surface area (Å²) in [4.78, 5) is 0. The van der Waals surface area contributed by atoms with Gasteiger partial charge in [0.25, 0.3) is 0 Å². The number of nitrogens with two attached hydrogens (primary N) is 1. The second-order valence-corrected chi connectivity index (χ2v) is 4.52. The van der Waals surface area contributed by atoms with E-state index in [4.69, 9.17) is 10.6 Å². The minimum atomic E-state index is -0.213. The summed E-state index contributed by atoms with van der Waals surface area (Å²) in [6, 6.07) is 7.47. The predicted octanol–water partition coefficient (Wildman–Crippen LogP) is 1.14. The summed E-state index contributed by atoms with van der Waals surface area (Å²) >= 11 is 3.37. The van der Waals surface area contributed by atoms with Gasteiger partial charge in [0.05, 0.1) is 18.8 Å². The Hall–Kier alpha value is -1.44. The van der Waals surface area contributed by atoms with Crippen LogP contribution in [0.4, 0.5) is 0 Å². The van der Waals surface area contributed by atoms with Crippen LogP contribution in [0.5, 0.6) is 5.75 Å². The van der Waals surface area contributed by atoms with Gasteiger partial charge in [-0.25, -0.2) is 10.1 Å². The topological polar surface area (TPSA) is 78.0 Å². The largest absolute Gasteiger partial charge is 0.497 e. The van der Waals surface area contributed by atoms with Crippen molar-refractivity contribution in [3.05, 3.63) is 40.1 Å². The lowest BCUT2D eigenvalue weighted by Crippen LogP contribution is -2.30. The fourth-order valence-electron chi connectivity index (χ4n) is 1.80. The van der Waals surface area contributed by atoms with Gasteiger partial charge in [0.2, 0.25) is 0 Å². The number of nitrogens with one attached hydrogen (secondary N) is 1. The summed E-state index contributed by atoms with van der Waals surface area (Å²) in [6.45, 7) is 0. The second-order valence-electron chi connectivity index (χ2n) is 3.77. The Kier molecular flexibility index (Phi) is 3.95. The highest BCUT2D eigenvalue weighted by Crippen LogP contribution is 2.27. The second kappa shape index (κ2) is 5.47. The van der Waals surface area contributed by atoms with Gasteiger partial charge in [-0.3, -0.25) is 5.84 Å². The number of hydrogen-bond donors (Lipinski definition) is 2. The van der Waals surface area contributed by atoms with Crippen LogP contribution >= 0.6 is 15.9 Å². The molecule has 0 saturated carbocycles. The molecule has 96 valence electrons. The van der Waals surface area contributed by atoms with Gasteiger partial charge in [0.15, 0.2) is 4.60 Å². The Morgan fingerprint density at radius 1 is 1.50 bits per heavy atom. The van der Waals surface area contributed by atoms with E-state index in [0.29, 0.717) is 4.60 Å². The number of aryl methyl sites for hydroxylation is 1. The first kappa shape index (κ1) is 13.0. The average Bonchev–Trinajstić information content (AvgIpc) is 2.72. The lowest BCUT2D eigenvalue weighted by Gasteiger charge is -2.17. The first-order chi connectivity index (χ1) is 8.67. The molecule has 18 heavy (non-hydrogen) atoms. The predicted molar refractivity (Wildman–Crippen MR) is 70.9 cm³/mol. The summed E-state index contributed by atoms with van der Waals surface area (Å²) in [6.07, 6.45) is 0. The molecule has 1 unspecified atom stereocenters. The number of benzene rings is 1. The Balaban J connectivity index is 2.45. The summed E-state index contributed by atoms with van der Waals surface area (Å²) in [5, 5.41) is 7.90. The number of hydrazine groups is 1. The van der Waals surface area contributed by atoms with Crippen LogP contribution in [0.2, 0.25) is 0 Å². The zero-order valence-corrected chi connectivity index (χ0v) is 11.7. The van der Waals surface area contributed by atoms with Crippen LogP contribution in [-0.2, 0) is 7.05 Å². The quantitative estimate of drug-likeness (QED) is 0.654. The zero-order valence-electron chi connectivity index (χ0n) is 10.1. The van der Waals surface area contributed by atoms with Crippen molar-refractivity contribution in [3.63, 3.8) is 0 Å². The van der Waals surface area contributed by atoms with Gasteiger partial charge in [0.1, 0.15) is 5.75 Å². The number of rotatable bonds is 4. The van der Waals surface area contributed by atoms with Gasteiger partial charge < -0.3 is 4.74 Å². The molecule has 0 bridgehead atoms. The van der Waals surface area contributed by atoms with Crippen molar-refractivity contribution in [2.75, 3.05) is 7.11 Å². The average molecular weight is 312 g/mol. The number of aromatic nitrogens is 3. The van der Waals surface area contributed by atoms with Gasteiger partial charge in [-0.1, -0.05) is 17.3 Å². The molecule has 0 spiro atoms. The fraction of sp³-hybridized carbons (Fsp3) is 0.273. The molecule has 0 radical (unpaired) electrons. The number of halogens is 1. The van der Waals surface area contributed by atoms with Gasteiger partial charge in [-0.2, -0.15) is 0 Å². The van der Waals surface area contributed by atoms with E-state index in [1.54, 1.807) is 11.8 Å².